The average Bonchev–Trinajstić information content (AvgIpc) is 2.50. The van der Waals surface area contributed by atoms with E-state index >= 15 is 0 Å². The maximum absolute atomic E-state index is 9.75. The van der Waals surface area contributed by atoms with E-state index in [2.05, 4.69) is 24.4 Å². The van der Waals surface area contributed by atoms with Crippen molar-refractivity contribution in [3.63, 3.8) is 0 Å². The zero-order valence-electron chi connectivity index (χ0n) is 13.1. The van der Waals surface area contributed by atoms with Crippen molar-refractivity contribution in [1.29, 1.82) is 0 Å². The summed E-state index contributed by atoms with van der Waals surface area (Å²) in [5, 5.41) is 13.3. The Morgan fingerprint density at radius 2 is 1.76 bits per heavy atom. The van der Waals surface area contributed by atoms with Gasteiger partial charge in [0.25, 0.3) is 0 Å². The van der Waals surface area contributed by atoms with Crippen LogP contribution in [-0.4, -0.2) is 12.2 Å². The number of rotatable bonds is 5. The van der Waals surface area contributed by atoms with Crippen LogP contribution in [0.15, 0.2) is 36.4 Å². The van der Waals surface area contributed by atoms with Gasteiger partial charge in [-0.25, -0.2) is 0 Å². The summed E-state index contributed by atoms with van der Waals surface area (Å²) < 4.78 is 5.20. The van der Waals surface area contributed by atoms with Crippen molar-refractivity contribution >= 4 is 5.69 Å². The van der Waals surface area contributed by atoms with E-state index < -0.39 is 0 Å². The van der Waals surface area contributed by atoms with Crippen LogP contribution in [0.5, 0.6) is 11.5 Å². The predicted molar refractivity (Wildman–Crippen MR) is 87.2 cm³/mol. The van der Waals surface area contributed by atoms with Gasteiger partial charge in [0, 0.05) is 5.69 Å². The van der Waals surface area contributed by atoms with Crippen LogP contribution in [0.25, 0.3) is 0 Å². The lowest BCUT2D eigenvalue weighted by atomic mass is 10.0. The smallest absolute Gasteiger partial charge is 0.118 e. The van der Waals surface area contributed by atoms with Gasteiger partial charge in [-0.3, -0.25) is 0 Å². The Morgan fingerprint density at radius 3 is 2.33 bits per heavy atom. The van der Waals surface area contributed by atoms with Gasteiger partial charge in [-0.2, -0.15) is 0 Å². The van der Waals surface area contributed by atoms with Gasteiger partial charge in [0.2, 0.25) is 0 Å². The number of hydrogen-bond donors (Lipinski definition) is 2. The number of aryl methyl sites for hydroxylation is 2. The van der Waals surface area contributed by atoms with Crippen molar-refractivity contribution in [3.05, 3.63) is 53.1 Å². The van der Waals surface area contributed by atoms with E-state index in [0.29, 0.717) is 5.75 Å². The third-order valence-corrected chi connectivity index (χ3v) is 3.80. The molecule has 2 aromatic rings. The summed E-state index contributed by atoms with van der Waals surface area (Å²) in [6.45, 7) is 6.07. The first-order chi connectivity index (χ1) is 10.0. The molecule has 0 amide bonds. The number of benzene rings is 2. The fourth-order valence-electron chi connectivity index (χ4n) is 2.40. The molecule has 21 heavy (non-hydrogen) atoms. The second-order valence-corrected chi connectivity index (χ2v) is 5.33. The van der Waals surface area contributed by atoms with Crippen LogP contribution in [0.3, 0.4) is 0 Å². The minimum absolute atomic E-state index is 0.235. The van der Waals surface area contributed by atoms with E-state index in [4.69, 9.17) is 4.74 Å². The van der Waals surface area contributed by atoms with Gasteiger partial charge in [0.05, 0.1) is 13.2 Å². The lowest BCUT2D eigenvalue weighted by Crippen LogP contribution is -2.10. The number of anilines is 1. The van der Waals surface area contributed by atoms with Crippen LogP contribution in [0.1, 0.15) is 36.1 Å². The number of nitrogens with one attached hydrogen (secondary N) is 1. The quantitative estimate of drug-likeness (QED) is 0.790. The van der Waals surface area contributed by atoms with Gasteiger partial charge < -0.3 is 15.2 Å². The summed E-state index contributed by atoms with van der Waals surface area (Å²) in [4.78, 5) is 0. The number of ether oxygens (including phenoxy) is 1. The summed E-state index contributed by atoms with van der Waals surface area (Å²) >= 11 is 0. The van der Waals surface area contributed by atoms with Crippen molar-refractivity contribution in [2.45, 2.75) is 33.2 Å². The van der Waals surface area contributed by atoms with Crippen LogP contribution in [-0.2, 0) is 0 Å². The summed E-state index contributed by atoms with van der Waals surface area (Å²) in [7, 11) is 1.67. The highest BCUT2D eigenvalue weighted by Gasteiger charge is 2.12. The molecule has 1 atom stereocenters. The molecule has 112 valence electrons. The molecule has 0 aliphatic rings. The molecular weight excluding hydrogens is 262 g/mol. The molecule has 2 aromatic carbocycles. The van der Waals surface area contributed by atoms with Gasteiger partial charge in [0.15, 0.2) is 0 Å². The van der Waals surface area contributed by atoms with Crippen molar-refractivity contribution < 1.29 is 9.84 Å². The Hall–Kier alpha value is -2.16. The zero-order chi connectivity index (χ0) is 15.4. The zero-order valence-corrected chi connectivity index (χ0v) is 13.1. The Labute approximate surface area is 126 Å². The first kappa shape index (κ1) is 15.2. The standard InChI is InChI=1S/C18H23NO2/c1-5-16(14-6-8-15(21-4)9-7-14)19-17-10-13(3)18(20)11-12(17)2/h6-11,16,19-20H,5H2,1-4H3. The molecule has 0 aliphatic heterocycles. The van der Waals surface area contributed by atoms with E-state index in [9.17, 15) is 5.11 Å². The van der Waals surface area contributed by atoms with Gasteiger partial charge in [-0.1, -0.05) is 19.1 Å². The Morgan fingerprint density at radius 1 is 1.10 bits per heavy atom. The van der Waals surface area contributed by atoms with Crippen LogP contribution in [0.2, 0.25) is 0 Å². The molecule has 3 heteroatoms. The second-order valence-electron chi connectivity index (χ2n) is 5.33. The topological polar surface area (TPSA) is 41.5 Å². The fourth-order valence-corrected chi connectivity index (χ4v) is 2.40. The molecule has 0 saturated heterocycles. The molecule has 2 N–H and O–H groups in total. The second kappa shape index (κ2) is 6.53. The van der Waals surface area contributed by atoms with E-state index in [1.165, 1.54) is 5.56 Å². The molecule has 0 spiro atoms. The number of aromatic hydroxyl groups is 1. The fraction of sp³-hybridized carbons (Fsp3) is 0.333. The average molecular weight is 285 g/mol. The maximum Gasteiger partial charge on any atom is 0.118 e. The highest BCUT2D eigenvalue weighted by atomic mass is 16.5. The minimum atomic E-state index is 0.235. The number of phenols is 1. The number of methoxy groups -OCH3 is 1. The molecule has 3 nitrogen and oxygen atoms in total. The van der Waals surface area contributed by atoms with Crippen LogP contribution >= 0.6 is 0 Å². The number of phenolic OH excluding ortho intramolecular Hbond substituents is 1. The van der Waals surface area contributed by atoms with Gasteiger partial charge in [0.1, 0.15) is 11.5 Å². The maximum atomic E-state index is 9.75. The first-order valence-electron chi connectivity index (χ1n) is 7.25. The van der Waals surface area contributed by atoms with Crippen molar-refractivity contribution in [3.8, 4) is 11.5 Å². The Kier molecular flexibility index (Phi) is 4.73. The molecule has 0 radical (unpaired) electrons. The van der Waals surface area contributed by atoms with Crippen LogP contribution in [0.4, 0.5) is 5.69 Å². The summed E-state index contributed by atoms with van der Waals surface area (Å²) in [5.74, 6) is 1.21. The normalized spacial score (nSPS) is 12.0. The SMILES string of the molecule is CCC(Nc1cc(C)c(O)cc1C)c1ccc(OC)cc1. The first-order valence-corrected chi connectivity index (χ1v) is 7.25. The summed E-state index contributed by atoms with van der Waals surface area (Å²) in [5.41, 5.74) is 4.22. The minimum Gasteiger partial charge on any atom is -0.508 e. The third-order valence-electron chi connectivity index (χ3n) is 3.80. The molecule has 1 unspecified atom stereocenters. The lowest BCUT2D eigenvalue weighted by Gasteiger charge is -2.21. The molecule has 0 fully saturated rings. The Balaban J connectivity index is 2.24. The Bertz CT molecular complexity index is 605. The third kappa shape index (κ3) is 3.48. The van der Waals surface area contributed by atoms with Crippen molar-refractivity contribution in [2.75, 3.05) is 12.4 Å². The van der Waals surface area contributed by atoms with E-state index in [0.717, 1.165) is 29.0 Å². The van der Waals surface area contributed by atoms with Crippen LogP contribution < -0.4 is 10.1 Å². The number of hydrogen-bond acceptors (Lipinski definition) is 3. The summed E-state index contributed by atoms with van der Waals surface area (Å²) in [6.07, 6.45) is 0.978. The molecule has 2 rings (SSSR count). The van der Waals surface area contributed by atoms with Crippen LogP contribution in [0, 0.1) is 13.8 Å². The van der Waals surface area contributed by atoms with Crippen molar-refractivity contribution in [2.24, 2.45) is 0 Å². The largest absolute Gasteiger partial charge is 0.508 e. The lowest BCUT2D eigenvalue weighted by molar-refractivity contribution is 0.414. The van der Waals surface area contributed by atoms with E-state index in [1.54, 1.807) is 13.2 Å². The molecule has 0 aromatic heterocycles. The van der Waals surface area contributed by atoms with E-state index in [-0.39, 0.29) is 6.04 Å². The molecular formula is C18H23NO2. The summed E-state index contributed by atoms with van der Waals surface area (Å²) in [6, 6.07) is 12.2. The van der Waals surface area contributed by atoms with Crippen molar-refractivity contribution in [1.82, 2.24) is 0 Å². The predicted octanol–water partition coefficient (Wildman–Crippen LogP) is 4.58. The van der Waals surface area contributed by atoms with Gasteiger partial charge in [-0.05, 0) is 61.2 Å². The van der Waals surface area contributed by atoms with Gasteiger partial charge in [-0.15, -0.1) is 0 Å². The highest BCUT2D eigenvalue weighted by molar-refractivity contribution is 5.57. The van der Waals surface area contributed by atoms with Gasteiger partial charge >= 0.3 is 0 Å². The van der Waals surface area contributed by atoms with E-state index in [1.807, 2.05) is 32.0 Å². The molecule has 0 aliphatic carbocycles. The highest BCUT2D eigenvalue weighted by Crippen LogP contribution is 2.30. The molecule has 0 heterocycles. The molecule has 0 saturated carbocycles. The monoisotopic (exact) mass is 285 g/mol. The molecule has 0 bridgehead atoms.